The van der Waals surface area contributed by atoms with Crippen LogP contribution in [0.1, 0.15) is 35.8 Å². The van der Waals surface area contributed by atoms with Gasteiger partial charge in [-0.3, -0.25) is 4.79 Å². The minimum absolute atomic E-state index is 0.0920. The summed E-state index contributed by atoms with van der Waals surface area (Å²) >= 11 is 5.97. The number of amides is 1. The van der Waals surface area contributed by atoms with Crippen LogP contribution in [0.4, 0.5) is 0 Å². The predicted octanol–water partition coefficient (Wildman–Crippen LogP) is 1.94. The van der Waals surface area contributed by atoms with Crippen molar-refractivity contribution in [3.63, 3.8) is 0 Å². The van der Waals surface area contributed by atoms with Gasteiger partial charge in [0.25, 0.3) is 5.91 Å². The second-order valence-corrected chi connectivity index (χ2v) is 5.15. The smallest absolute Gasteiger partial charge is 0.254 e. The summed E-state index contributed by atoms with van der Waals surface area (Å²) in [5.41, 5.74) is 1.26. The van der Waals surface area contributed by atoms with Gasteiger partial charge in [-0.2, -0.15) is 0 Å². The molecule has 5 nitrogen and oxygen atoms in total. The summed E-state index contributed by atoms with van der Waals surface area (Å²) in [7, 11) is 1.57. The molecule has 20 heavy (non-hydrogen) atoms. The van der Waals surface area contributed by atoms with Crippen molar-refractivity contribution in [2.24, 2.45) is 0 Å². The standard InChI is InChI=1S/C14H21ClN2O3/c1-10(2)12-8-11(9-13(15)16-12)14(19)17(4-6-18)5-7-20-3/h8-10,18H,4-7H2,1-3H3. The summed E-state index contributed by atoms with van der Waals surface area (Å²) in [6.45, 7) is 4.99. The van der Waals surface area contributed by atoms with Crippen LogP contribution in [0.3, 0.4) is 0 Å². The Morgan fingerprint density at radius 1 is 1.45 bits per heavy atom. The van der Waals surface area contributed by atoms with E-state index in [1.807, 2.05) is 13.8 Å². The molecule has 0 atom stereocenters. The first-order valence-electron chi connectivity index (χ1n) is 6.56. The van der Waals surface area contributed by atoms with Gasteiger partial charge in [0, 0.05) is 31.5 Å². The van der Waals surface area contributed by atoms with Crippen LogP contribution >= 0.6 is 11.6 Å². The van der Waals surface area contributed by atoms with E-state index in [-0.39, 0.29) is 25.0 Å². The molecule has 0 aromatic carbocycles. The number of methoxy groups -OCH3 is 1. The summed E-state index contributed by atoms with van der Waals surface area (Å²) in [5, 5.41) is 9.36. The lowest BCUT2D eigenvalue weighted by Gasteiger charge is -2.22. The summed E-state index contributed by atoms with van der Waals surface area (Å²) in [6.07, 6.45) is 0. The van der Waals surface area contributed by atoms with Crippen molar-refractivity contribution in [1.29, 1.82) is 0 Å². The first-order valence-corrected chi connectivity index (χ1v) is 6.94. The van der Waals surface area contributed by atoms with Crippen molar-refractivity contribution >= 4 is 17.5 Å². The fourth-order valence-electron chi connectivity index (χ4n) is 1.76. The van der Waals surface area contributed by atoms with E-state index < -0.39 is 0 Å². The molecule has 6 heteroatoms. The highest BCUT2D eigenvalue weighted by atomic mass is 35.5. The van der Waals surface area contributed by atoms with Gasteiger partial charge in [-0.05, 0) is 18.1 Å². The second-order valence-electron chi connectivity index (χ2n) is 4.77. The number of hydrogen-bond acceptors (Lipinski definition) is 4. The number of pyridine rings is 1. The lowest BCUT2D eigenvalue weighted by Crippen LogP contribution is -2.36. The van der Waals surface area contributed by atoms with Crippen molar-refractivity contribution in [2.75, 3.05) is 33.4 Å². The second kappa shape index (κ2) is 8.19. The van der Waals surface area contributed by atoms with Crippen molar-refractivity contribution in [1.82, 2.24) is 9.88 Å². The number of ether oxygens (including phenoxy) is 1. The Morgan fingerprint density at radius 2 is 2.15 bits per heavy atom. The minimum Gasteiger partial charge on any atom is -0.395 e. The van der Waals surface area contributed by atoms with Crippen molar-refractivity contribution < 1.29 is 14.6 Å². The quantitative estimate of drug-likeness (QED) is 0.782. The lowest BCUT2D eigenvalue weighted by atomic mass is 10.1. The summed E-state index contributed by atoms with van der Waals surface area (Å²) in [5.74, 6) is 0.00724. The van der Waals surface area contributed by atoms with Gasteiger partial charge >= 0.3 is 0 Å². The molecule has 0 fully saturated rings. The van der Waals surface area contributed by atoms with Gasteiger partial charge in [-0.25, -0.2) is 4.98 Å². The zero-order valence-electron chi connectivity index (χ0n) is 12.1. The molecule has 0 saturated carbocycles. The van der Waals surface area contributed by atoms with E-state index >= 15 is 0 Å². The van der Waals surface area contributed by atoms with Crippen LogP contribution in [-0.2, 0) is 4.74 Å². The van der Waals surface area contributed by atoms with Gasteiger partial charge < -0.3 is 14.7 Å². The number of halogens is 1. The third kappa shape index (κ3) is 4.74. The Kier molecular flexibility index (Phi) is 6.91. The van der Waals surface area contributed by atoms with Crippen molar-refractivity contribution in [3.8, 4) is 0 Å². The summed E-state index contributed by atoms with van der Waals surface area (Å²) in [6, 6.07) is 3.29. The molecule has 0 aliphatic rings. The number of aliphatic hydroxyl groups is 1. The first kappa shape index (κ1) is 16.9. The highest BCUT2D eigenvalue weighted by molar-refractivity contribution is 6.29. The van der Waals surface area contributed by atoms with Gasteiger partial charge in [0.15, 0.2) is 0 Å². The monoisotopic (exact) mass is 300 g/mol. The average molecular weight is 301 g/mol. The Morgan fingerprint density at radius 3 is 2.70 bits per heavy atom. The molecule has 112 valence electrons. The van der Waals surface area contributed by atoms with E-state index in [0.29, 0.717) is 23.9 Å². The normalized spacial score (nSPS) is 10.9. The van der Waals surface area contributed by atoms with Crippen LogP contribution in [-0.4, -0.2) is 54.3 Å². The number of carbonyl (C=O) groups excluding carboxylic acids is 1. The van der Waals surface area contributed by atoms with Crippen LogP contribution in [0.5, 0.6) is 0 Å². The maximum atomic E-state index is 12.4. The van der Waals surface area contributed by atoms with Gasteiger partial charge in [-0.15, -0.1) is 0 Å². The number of rotatable bonds is 7. The third-order valence-corrected chi connectivity index (χ3v) is 3.07. The molecule has 0 radical (unpaired) electrons. The molecule has 1 amide bonds. The molecule has 1 aromatic heterocycles. The fourth-order valence-corrected chi connectivity index (χ4v) is 1.97. The number of hydrogen-bond donors (Lipinski definition) is 1. The lowest BCUT2D eigenvalue weighted by molar-refractivity contribution is 0.0656. The van der Waals surface area contributed by atoms with Crippen LogP contribution in [0, 0.1) is 0 Å². The van der Waals surface area contributed by atoms with E-state index in [1.165, 1.54) is 0 Å². The Labute approximate surface area is 124 Å². The number of aliphatic hydroxyl groups excluding tert-OH is 1. The maximum Gasteiger partial charge on any atom is 0.254 e. The zero-order chi connectivity index (χ0) is 15.1. The zero-order valence-corrected chi connectivity index (χ0v) is 12.9. The maximum absolute atomic E-state index is 12.4. The van der Waals surface area contributed by atoms with E-state index in [4.69, 9.17) is 21.4 Å². The molecule has 1 rings (SSSR count). The molecule has 0 saturated heterocycles. The number of aromatic nitrogens is 1. The Balaban J connectivity index is 2.98. The molecule has 1 N–H and O–H groups in total. The minimum atomic E-state index is -0.178. The Bertz CT molecular complexity index is 452. The van der Waals surface area contributed by atoms with Gasteiger partial charge in [0.05, 0.1) is 13.2 Å². The van der Waals surface area contributed by atoms with Gasteiger partial charge in [0.2, 0.25) is 0 Å². The Hall–Kier alpha value is -1.17. The van der Waals surface area contributed by atoms with Crippen LogP contribution in [0.15, 0.2) is 12.1 Å². The van der Waals surface area contributed by atoms with E-state index in [2.05, 4.69) is 4.98 Å². The first-order chi connectivity index (χ1) is 9.49. The number of carbonyl (C=O) groups is 1. The molecule has 1 heterocycles. The average Bonchev–Trinajstić information content (AvgIpc) is 2.42. The molecule has 0 aliphatic heterocycles. The van der Waals surface area contributed by atoms with Gasteiger partial charge in [0.1, 0.15) is 5.15 Å². The molecule has 0 bridgehead atoms. The van der Waals surface area contributed by atoms with Crippen molar-refractivity contribution in [2.45, 2.75) is 19.8 Å². The molecule has 0 unspecified atom stereocenters. The van der Waals surface area contributed by atoms with Crippen LogP contribution in [0.25, 0.3) is 0 Å². The third-order valence-electron chi connectivity index (χ3n) is 2.87. The van der Waals surface area contributed by atoms with Gasteiger partial charge in [-0.1, -0.05) is 25.4 Å². The predicted molar refractivity (Wildman–Crippen MR) is 78.2 cm³/mol. The van der Waals surface area contributed by atoms with E-state index in [0.717, 1.165) is 5.69 Å². The van der Waals surface area contributed by atoms with Crippen LogP contribution in [0.2, 0.25) is 5.15 Å². The summed E-state index contributed by atoms with van der Waals surface area (Å²) in [4.78, 5) is 18.2. The molecule has 0 spiro atoms. The van der Waals surface area contributed by atoms with Crippen molar-refractivity contribution in [3.05, 3.63) is 28.5 Å². The molecule has 1 aromatic rings. The summed E-state index contributed by atoms with van der Waals surface area (Å²) < 4.78 is 4.98. The molecular weight excluding hydrogens is 280 g/mol. The fraction of sp³-hybridized carbons (Fsp3) is 0.571. The number of nitrogens with zero attached hydrogens (tertiary/aromatic N) is 2. The van der Waals surface area contributed by atoms with E-state index in [9.17, 15) is 4.79 Å². The van der Waals surface area contributed by atoms with Crippen LogP contribution < -0.4 is 0 Å². The highest BCUT2D eigenvalue weighted by Gasteiger charge is 2.17. The molecule has 0 aliphatic carbocycles. The molecular formula is C14H21ClN2O3. The van der Waals surface area contributed by atoms with E-state index in [1.54, 1.807) is 24.1 Å². The highest BCUT2D eigenvalue weighted by Crippen LogP contribution is 2.18. The topological polar surface area (TPSA) is 62.7 Å². The SMILES string of the molecule is COCCN(CCO)C(=O)c1cc(Cl)nc(C(C)C)c1. The largest absolute Gasteiger partial charge is 0.395 e.